The van der Waals surface area contributed by atoms with Crippen molar-refractivity contribution in [3.63, 3.8) is 0 Å². The number of benzene rings is 4. The van der Waals surface area contributed by atoms with E-state index in [1.165, 1.54) is 5.56 Å². The topological polar surface area (TPSA) is 70.8 Å². The van der Waals surface area contributed by atoms with Gasteiger partial charge >= 0.3 is 0 Å². The van der Waals surface area contributed by atoms with Crippen molar-refractivity contribution in [1.82, 2.24) is 19.6 Å². The van der Waals surface area contributed by atoms with Crippen molar-refractivity contribution in [2.75, 3.05) is 14.2 Å². The molecule has 0 amide bonds. The average Bonchev–Trinajstić information content (AvgIpc) is 3.40. The molecule has 0 fully saturated rings. The van der Waals surface area contributed by atoms with E-state index in [-0.39, 0.29) is 5.92 Å². The van der Waals surface area contributed by atoms with Crippen LogP contribution < -0.4 is 14.2 Å². The van der Waals surface area contributed by atoms with Crippen LogP contribution in [0.25, 0.3) is 27.8 Å². The molecule has 0 saturated carbocycles. The Bertz CT molecular complexity index is 1840. The molecule has 7 nitrogen and oxygen atoms in total. The number of aromatic nitrogens is 4. The molecule has 1 aliphatic heterocycles. The summed E-state index contributed by atoms with van der Waals surface area (Å²) in [6.45, 7) is 2.06. The third-order valence-electron chi connectivity index (χ3n) is 7.15. The van der Waals surface area contributed by atoms with E-state index < -0.39 is 0 Å². The van der Waals surface area contributed by atoms with Gasteiger partial charge in [-0.3, -0.25) is 0 Å². The van der Waals surface area contributed by atoms with Crippen LogP contribution in [-0.4, -0.2) is 33.8 Å². The van der Waals surface area contributed by atoms with E-state index in [9.17, 15) is 0 Å². The van der Waals surface area contributed by atoms with Crippen molar-refractivity contribution in [2.24, 2.45) is 0 Å². The average molecular weight is 501 g/mol. The Morgan fingerprint density at radius 1 is 0.868 bits per heavy atom. The molecular formula is C31H24N4O3. The van der Waals surface area contributed by atoms with Crippen molar-refractivity contribution < 1.29 is 14.2 Å². The largest absolute Gasteiger partial charge is 0.493 e. The van der Waals surface area contributed by atoms with Crippen LogP contribution in [0.4, 0.5) is 0 Å². The second kappa shape index (κ2) is 8.59. The SMILES string of the molecule is COc1ccc([C@@H]2c3ccc4ccccc4c3Oc3ncn4nc(-c5ccc(C)cc5)nc4c32)cc1OC. The summed E-state index contributed by atoms with van der Waals surface area (Å²) >= 11 is 0. The third-order valence-corrected chi connectivity index (χ3v) is 7.15. The van der Waals surface area contributed by atoms with E-state index in [0.29, 0.717) is 28.9 Å². The molecule has 0 unspecified atom stereocenters. The van der Waals surface area contributed by atoms with Crippen molar-refractivity contribution in [1.29, 1.82) is 0 Å². The molecule has 0 radical (unpaired) electrons. The molecule has 0 saturated heterocycles. The van der Waals surface area contributed by atoms with Crippen LogP contribution in [0.5, 0.6) is 23.1 Å². The molecule has 3 heterocycles. The number of hydrogen-bond donors (Lipinski definition) is 0. The Morgan fingerprint density at radius 2 is 1.68 bits per heavy atom. The van der Waals surface area contributed by atoms with Gasteiger partial charge in [-0.2, -0.15) is 0 Å². The van der Waals surface area contributed by atoms with E-state index in [4.69, 9.17) is 29.3 Å². The minimum atomic E-state index is -0.218. The summed E-state index contributed by atoms with van der Waals surface area (Å²) in [6, 6.07) is 26.7. The monoisotopic (exact) mass is 500 g/mol. The molecule has 0 aliphatic carbocycles. The summed E-state index contributed by atoms with van der Waals surface area (Å²) in [6.07, 6.45) is 1.67. The molecule has 2 aromatic heterocycles. The Kier molecular flexibility index (Phi) is 5.04. The predicted molar refractivity (Wildman–Crippen MR) is 145 cm³/mol. The molecule has 1 aliphatic rings. The Morgan fingerprint density at radius 3 is 2.50 bits per heavy atom. The zero-order valence-corrected chi connectivity index (χ0v) is 21.2. The van der Waals surface area contributed by atoms with Gasteiger partial charge < -0.3 is 14.2 Å². The van der Waals surface area contributed by atoms with Gasteiger partial charge in [-0.1, -0.05) is 72.3 Å². The Labute approximate surface area is 219 Å². The second-order valence-electron chi connectivity index (χ2n) is 9.39. The number of rotatable bonds is 4. The Hall–Kier alpha value is -4.91. The molecular weight excluding hydrogens is 476 g/mol. The smallest absolute Gasteiger partial charge is 0.228 e. The lowest BCUT2D eigenvalue weighted by molar-refractivity contribution is 0.354. The number of aryl methyl sites for hydroxylation is 1. The summed E-state index contributed by atoms with van der Waals surface area (Å²) in [5, 5.41) is 6.89. The summed E-state index contributed by atoms with van der Waals surface area (Å²) in [5.74, 6) is 3.05. The highest BCUT2D eigenvalue weighted by Crippen LogP contribution is 2.51. The lowest BCUT2D eigenvalue weighted by atomic mass is 9.82. The number of nitrogens with zero attached hydrogens (tertiary/aromatic N) is 4. The predicted octanol–water partition coefficient (Wildman–Crippen LogP) is 6.56. The summed E-state index contributed by atoms with van der Waals surface area (Å²) < 4.78 is 19.5. The van der Waals surface area contributed by atoms with Gasteiger partial charge in [0, 0.05) is 22.4 Å². The Balaban J connectivity index is 1.50. The summed E-state index contributed by atoms with van der Waals surface area (Å²) in [4.78, 5) is 9.70. The van der Waals surface area contributed by atoms with E-state index in [1.54, 1.807) is 25.1 Å². The molecule has 38 heavy (non-hydrogen) atoms. The highest BCUT2D eigenvalue weighted by molar-refractivity contribution is 5.91. The molecule has 6 aromatic rings. The van der Waals surface area contributed by atoms with Crippen LogP contribution in [0.15, 0.2) is 85.2 Å². The highest BCUT2D eigenvalue weighted by Gasteiger charge is 2.34. The molecule has 0 N–H and O–H groups in total. The van der Waals surface area contributed by atoms with Crippen molar-refractivity contribution >= 4 is 16.4 Å². The number of ether oxygens (including phenoxy) is 3. The van der Waals surface area contributed by atoms with Gasteiger partial charge in [0.15, 0.2) is 23.0 Å². The van der Waals surface area contributed by atoms with Crippen molar-refractivity contribution in [2.45, 2.75) is 12.8 Å². The first kappa shape index (κ1) is 22.3. The van der Waals surface area contributed by atoms with Crippen LogP contribution in [0, 0.1) is 6.92 Å². The van der Waals surface area contributed by atoms with Crippen LogP contribution in [0.3, 0.4) is 0 Å². The van der Waals surface area contributed by atoms with Crippen LogP contribution >= 0.6 is 0 Å². The third kappa shape index (κ3) is 3.39. The van der Waals surface area contributed by atoms with Gasteiger partial charge in [0.1, 0.15) is 12.1 Å². The number of methoxy groups -OCH3 is 2. The fourth-order valence-electron chi connectivity index (χ4n) is 5.25. The van der Waals surface area contributed by atoms with Crippen LogP contribution in [0.2, 0.25) is 0 Å². The molecule has 0 bridgehead atoms. The van der Waals surface area contributed by atoms with E-state index in [1.807, 2.05) is 36.4 Å². The fraction of sp³-hybridized carbons (Fsp3) is 0.129. The summed E-state index contributed by atoms with van der Waals surface area (Å²) in [7, 11) is 3.28. The molecule has 7 rings (SSSR count). The van der Waals surface area contributed by atoms with E-state index >= 15 is 0 Å². The lowest BCUT2D eigenvalue weighted by Crippen LogP contribution is -2.15. The van der Waals surface area contributed by atoms with E-state index in [2.05, 4.69) is 49.4 Å². The minimum Gasteiger partial charge on any atom is -0.493 e. The minimum absolute atomic E-state index is 0.218. The maximum atomic E-state index is 6.53. The first-order valence-electron chi connectivity index (χ1n) is 12.4. The fourth-order valence-corrected chi connectivity index (χ4v) is 5.25. The second-order valence-corrected chi connectivity index (χ2v) is 9.39. The summed E-state index contributed by atoms with van der Waals surface area (Å²) in [5.41, 5.74) is 5.72. The lowest BCUT2D eigenvalue weighted by Gasteiger charge is -2.29. The van der Waals surface area contributed by atoms with Crippen LogP contribution in [-0.2, 0) is 0 Å². The van der Waals surface area contributed by atoms with Gasteiger partial charge in [0.25, 0.3) is 0 Å². The van der Waals surface area contributed by atoms with Crippen LogP contribution in [0.1, 0.15) is 28.2 Å². The number of fused-ring (bicyclic) bond motifs is 6. The zero-order chi connectivity index (χ0) is 25.8. The first-order chi connectivity index (χ1) is 18.6. The first-order valence-corrected chi connectivity index (χ1v) is 12.4. The molecule has 7 heteroatoms. The zero-order valence-electron chi connectivity index (χ0n) is 21.2. The normalized spacial score (nSPS) is 14.1. The van der Waals surface area contributed by atoms with Gasteiger partial charge in [0.05, 0.1) is 19.8 Å². The standard InChI is InChI=1S/C31H24N4O3/c1-18-8-10-20(11-9-18)29-33-30-27-26(21-13-15-24(36-2)25(16-21)37-3)23-14-12-19-6-4-5-7-22(19)28(23)38-31(27)32-17-35(30)34-29/h4-17,26H,1-3H3/t26-/m1/s1. The van der Waals surface area contributed by atoms with Gasteiger partial charge in [-0.25, -0.2) is 14.5 Å². The highest BCUT2D eigenvalue weighted by atomic mass is 16.5. The van der Waals surface area contributed by atoms with Crippen molar-refractivity contribution in [3.05, 3.63) is 107 Å². The molecule has 0 spiro atoms. The maximum Gasteiger partial charge on any atom is 0.228 e. The molecule has 1 atom stereocenters. The molecule has 186 valence electrons. The number of hydrogen-bond acceptors (Lipinski definition) is 6. The quantitative estimate of drug-likeness (QED) is 0.273. The van der Waals surface area contributed by atoms with Crippen molar-refractivity contribution in [3.8, 4) is 34.5 Å². The van der Waals surface area contributed by atoms with Gasteiger partial charge in [0.2, 0.25) is 5.88 Å². The van der Waals surface area contributed by atoms with Gasteiger partial charge in [-0.05, 0) is 30.0 Å². The van der Waals surface area contributed by atoms with Gasteiger partial charge in [-0.15, -0.1) is 5.10 Å². The maximum absolute atomic E-state index is 6.53. The molecule has 4 aromatic carbocycles. The van der Waals surface area contributed by atoms with E-state index in [0.717, 1.165) is 38.8 Å².